The van der Waals surface area contributed by atoms with Crippen LogP contribution in [0.25, 0.3) is 0 Å². The molecule has 0 radical (unpaired) electrons. The van der Waals surface area contributed by atoms with Crippen LogP contribution in [-0.4, -0.2) is 9.97 Å². The SMILES string of the molecule is Fc1ccc(NCc2cncnc2)c(I)c1. The largest absolute Gasteiger partial charge is 0.380 e. The Balaban J connectivity index is 2.05. The fourth-order valence-electron chi connectivity index (χ4n) is 1.25. The van der Waals surface area contributed by atoms with Crippen LogP contribution in [0.15, 0.2) is 36.9 Å². The summed E-state index contributed by atoms with van der Waals surface area (Å²) in [5, 5.41) is 3.20. The van der Waals surface area contributed by atoms with Gasteiger partial charge >= 0.3 is 0 Å². The average Bonchev–Trinajstić information content (AvgIpc) is 2.29. The first-order valence-electron chi connectivity index (χ1n) is 4.68. The summed E-state index contributed by atoms with van der Waals surface area (Å²) in [6.07, 6.45) is 4.98. The predicted octanol–water partition coefficient (Wildman–Crippen LogP) is 2.83. The van der Waals surface area contributed by atoms with Crippen molar-refractivity contribution in [3.63, 3.8) is 0 Å². The van der Waals surface area contributed by atoms with E-state index in [2.05, 4.69) is 37.9 Å². The van der Waals surface area contributed by atoms with Crippen LogP contribution in [0.5, 0.6) is 0 Å². The summed E-state index contributed by atoms with van der Waals surface area (Å²) < 4.78 is 13.7. The van der Waals surface area contributed by atoms with Gasteiger partial charge in [0.15, 0.2) is 0 Å². The highest BCUT2D eigenvalue weighted by molar-refractivity contribution is 14.1. The summed E-state index contributed by atoms with van der Waals surface area (Å²) >= 11 is 2.09. The van der Waals surface area contributed by atoms with Gasteiger partial charge in [-0.05, 0) is 40.8 Å². The molecule has 0 amide bonds. The minimum Gasteiger partial charge on any atom is -0.380 e. The lowest BCUT2D eigenvalue weighted by atomic mass is 10.3. The highest BCUT2D eigenvalue weighted by Gasteiger charge is 2.01. The van der Waals surface area contributed by atoms with Crippen LogP contribution in [0, 0.1) is 9.39 Å². The first kappa shape index (κ1) is 11.3. The third-order valence-electron chi connectivity index (χ3n) is 2.03. The molecule has 1 heterocycles. The third-order valence-corrected chi connectivity index (χ3v) is 2.92. The number of halogens is 2. The van der Waals surface area contributed by atoms with E-state index >= 15 is 0 Å². The quantitative estimate of drug-likeness (QED) is 0.880. The van der Waals surface area contributed by atoms with E-state index in [1.54, 1.807) is 18.5 Å². The van der Waals surface area contributed by atoms with Crippen LogP contribution in [-0.2, 0) is 6.54 Å². The van der Waals surface area contributed by atoms with E-state index in [1.807, 2.05) is 0 Å². The van der Waals surface area contributed by atoms with Gasteiger partial charge in [-0.15, -0.1) is 0 Å². The zero-order valence-electron chi connectivity index (χ0n) is 8.32. The average molecular weight is 329 g/mol. The number of nitrogens with zero attached hydrogens (tertiary/aromatic N) is 2. The van der Waals surface area contributed by atoms with Gasteiger partial charge in [-0.25, -0.2) is 14.4 Å². The van der Waals surface area contributed by atoms with Gasteiger partial charge in [0.2, 0.25) is 0 Å². The fourth-order valence-corrected chi connectivity index (χ4v) is 1.92. The smallest absolute Gasteiger partial charge is 0.124 e. The fraction of sp³-hybridized carbons (Fsp3) is 0.0909. The molecule has 0 bridgehead atoms. The summed E-state index contributed by atoms with van der Waals surface area (Å²) in [6.45, 7) is 0.627. The Morgan fingerprint density at radius 2 is 2.00 bits per heavy atom. The minimum absolute atomic E-state index is 0.224. The zero-order chi connectivity index (χ0) is 11.4. The van der Waals surface area contributed by atoms with Crippen molar-refractivity contribution in [2.45, 2.75) is 6.54 Å². The first-order chi connectivity index (χ1) is 7.75. The molecule has 0 fully saturated rings. The van der Waals surface area contributed by atoms with Gasteiger partial charge in [0.05, 0.1) is 0 Å². The number of hydrogen-bond donors (Lipinski definition) is 1. The molecule has 0 atom stereocenters. The molecule has 0 aliphatic rings. The van der Waals surface area contributed by atoms with Crippen LogP contribution in [0.2, 0.25) is 0 Å². The van der Waals surface area contributed by atoms with Crippen molar-refractivity contribution >= 4 is 28.3 Å². The number of aromatic nitrogens is 2. The minimum atomic E-state index is -0.224. The van der Waals surface area contributed by atoms with Crippen molar-refractivity contribution in [2.24, 2.45) is 0 Å². The van der Waals surface area contributed by atoms with E-state index in [9.17, 15) is 4.39 Å². The highest BCUT2D eigenvalue weighted by Crippen LogP contribution is 2.19. The molecule has 1 aromatic carbocycles. The van der Waals surface area contributed by atoms with Gasteiger partial charge < -0.3 is 5.32 Å². The summed E-state index contributed by atoms with van der Waals surface area (Å²) in [4.78, 5) is 7.84. The standard InChI is InChI=1S/C11H9FIN3/c12-9-1-2-11(10(13)3-9)16-6-8-4-14-7-15-5-8/h1-5,7,16H,6H2. The maximum absolute atomic E-state index is 12.9. The van der Waals surface area contributed by atoms with Crippen molar-refractivity contribution < 1.29 is 4.39 Å². The lowest BCUT2D eigenvalue weighted by Crippen LogP contribution is -2.02. The van der Waals surface area contributed by atoms with E-state index in [0.29, 0.717) is 6.54 Å². The Morgan fingerprint density at radius 3 is 2.69 bits per heavy atom. The van der Waals surface area contributed by atoms with Crippen LogP contribution in [0.1, 0.15) is 5.56 Å². The second-order valence-electron chi connectivity index (χ2n) is 3.22. The Morgan fingerprint density at radius 1 is 1.25 bits per heavy atom. The van der Waals surface area contributed by atoms with Crippen molar-refractivity contribution in [2.75, 3.05) is 5.32 Å². The maximum Gasteiger partial charge on any atom is 0.124 e. The van der Waals surface area contributed by atoms with Crippen molar-refractivity contribution in [1.82, 2.24) is 9.97 Å². The first-order valence-corrected chi connectivity index (χ1v) is 5.76. The Kier molecular flexibility index (Phi) is 3.66. The molecule has 82 valence electrons. The van der Waals surface area contributed by atoms with Gasteiger partial charge in [-0.2, -0.15) is 0 Å². The molecule has 0 unspecified atom stereocenters. The second kappa shape index (κ2) is 5.20. The number of benzene rings is 1. The van der Waals surface area contributed by atoms with Gasteiger partial charge in [0.1, 0.15) is 12.1 Å². The molecule has 0 saturated carbocycles. The van der Waals surface area contributed by atoms with E-state index in [4.69, 9.17) is 0 Å². The second-order valence-corrected chi connectivity index (χ2v) is 4.39. The highest BCUT2D eigenvalue weighted by atomic mass is 127. The summed E-state index contributed by atoms with van der Waals surface area (Å²) in [6, 6.07) is 4.65. The third kappa shape index (κ3) is 2.88. The Hall–Kier alpha value is -1.24. The zero-order valence-corrected chi connectivity index (χ0v) is 10.5. The number of anilines is 1. The lowest BCUT2D eigenvalue weighted by Gasteiger charge is -2.07. The molecule has 0 aliphatic heterocycles. The molecule has 16 heavy (non-hydrogen) atoms. The molecule has 3 nitrogen and oxygen atoms in total. The van der Waals surface area contributed by atoms with Gasteiger partial charge in [-0.1, -0.05) is 0 Å². The molecule has 1 N–H and O–H groups in total. The number of rotatable bonds is 3. The number of nitrogens with one attached hydrogen (secondary N) is 1. The molecular formula is C11H9FIN3. The van der Waals surface area contributed by atoms with E-state index in [0.717, 1.165) is 14.8 Å². The Bertz CT molecular complexity index is 476. The van der Waals surface area contributed by atoms with Gasteiger partial charge in [-0.3, -0.25) is 0 Å². The van der Waals surface area contributed by atoms with Crippen LogP contribution >= 0.6 is 22.6 Å². The maximum atomic E-state index is 12.9. The van der Waals surface area contributed by atoms with Crippen molar-refractivity contribution in [3.05, 3.63) is 51.9 Å². The molecule has 0 saturated heterocycles. The van der Waals surface area contributed by atoms with E-state index < -0.39 is 0 Å². The number of hydrogen-bond acceptors (Lipinski definition) is 3. The predicted molar refractivity (Wildman–Crippen MR) is 68.5 cm³/mol. The molecule has 2 aromatic rings. The molecule has 2 rings (SSSR count). The Labute approximate surface area is 106 Å². The topological polar surface area (TPSA) is 37.8 Å². The molecular weight excluding hydrogens is 320 g/mol. The molecule has 0 spiro atoms. The van der Waals surface area contributed by atoms with Crippen molar-refractivity contribution in [1.29, 1.82) is 0 Å². The monoisotopic (exact) mass is 329 g/mol. The summed E-state index contributed by atoms with van der Waals surface area (Å²) in [5.74, 6) is -0.224. The lowest BCUT2D eigenvalue weighted by molar-refractivity contribution is 0.627. The van der Waals surface area contributed by atoms with Crippen LogP contribution < -0.4 is 5.32 Å². The summed E-state index contributed by atoms with van der Waals surface area (Å²) in [7, 11) is 0. The van der Waals surface area contributed by atoms with Crippen LogP contribution in [0.3, 0.4) is 0 Å². The van der Waals surface area contributed by atoms with Gasteiger partial charge in [0.25, 0.3) is 0 Å². The molecule has 5 heteroatoms. The van der Waals surface area contributed by atoms with Crippen LogP contribution in [0.4, 0.5) is 10.1 Å². The van der Waals surface area contributed by atoms with E-state index in [1.165, 1.54) is 18.5 Å². The van der Waals surface area contributed by atoms with Gasteiger partial charge in [0, 0.05) is 33.8 Å². The molecule has 0 aliphatic carbocycles. The normalized spacial score (nSPS) is 10.1. The molecule has 1 aromatic heterocycles. The van der Waals surface area contributed by atoms with Crippen molar-refractivity contribution in [3.8, 4) is 0 Å². The van der Waals surface area contributed by atoms with E-state index in [-0.39, 0.29) is 5.82 Å². The summed E-state index contributed by atoms with van der Waals surface area (Å²) in [5.41, 5.74) is 1.90.